The molecule has 1 amide bonds. The largest absolute Gasteiger partial charge is 0.369 e. The van der Waals surface area contributed by atoms with E-state index in [0.29, 0.717) is 29.7 Å². The first-order chi connectivity index (χ1) is 13.6. The van der Waals surface area contributed by atoms with Crippen molar-refractivity contribution < 1.29 is 4.79 Å². The molecule has 0 saturated carbocycles. The van der Waals surface area contributed by atoms with Crippen LogP contribution in [-0.2, 0) is 17.8 Å². The number of hydrogen-bond donors (Lipinski definition) is 2. The molecule has 0 bridgehead atoms. The molecule has 0 atom stereocenters. The number of carbonyl (C=O) groups excluding carboxylic acids is 1. The highest BCUT2D eigenvalue weighted by atomic mass is 35.5. The Bertz CT molecular complexity index is 943. The van der Waals surface area contributed by atoms with Gasteiger partial charge in [0, 0.05) is 18.1 Å². The van der Waals surface area contributed by atoms with E-state index in [1.54, 1.807) is 23.0 Å². The van der Waals surface area contributed by atoms with Crippen LogP contribution >= 0.6 is 23.4 Å². The van der Waals surface area contributed by atoms with E-state index in [1.165, 1.54) is 11.8 Å². The lowest BCUT2D eigenvalue weighted by Gasteiger charge is -2.09. The van der Waals surface area contributed by atoms with Crippen LogP contribution < -0.4 is 10.6 Å². The molecule has 0 spiro atoms. The average Bonchev–Trinajstić information content (AvgIpc) is 3.11. The Morgan fingerprint density at radius 1 is 1.21 bits per heavy atom. The van der Waals surface area contributed by atoms with Crippen LogP contribution in [0.2, 0.25) is 5.02 Å². The Balaban J connectivity index is 1.63. The lowest BCUT2D eigenvalue weighted by Crippen LogP contribution is -2.28. The van der Waals surface area contributed by atoms with Crippen molar-refractivity contribution in [1.82, 2.24) is 25.1 Å². The molecule has 7 nitrogen and oxygen atoms in total. The van der Waals surface area contributed by atoms with Crippen molar-refractivity contribution in [2.75, 3.05) is 24.7 Å². The van der Waals surface area contributed by atoms with Crippen LogP contribution in [0.1, 0.15) is 18.9 Å². The molecule has 2 N–H and O–H groups in total. The van der Waals surface area contributed by atoms with Crippen molar-refractivity contribution in [2.45, 2.75) is 31.5 Å². The number of nitrogens with one attached hydrogen (secondary N) is 2. The van der Waals surface area contributed by atoms with Gasteiger partial charge in [0.25, 0.3) is 0 Å². The molecule has 0 unspecified atom stereocenters. The number of aromatic nitrogens is 4. The van der Waals surface area contributed by atoms with Crippen molar-refractivity contribution in [2.24, 2.45) is 0 Å². The van der Waals surface area contributed by atoms with E-state index < -0.39 is 0 Å². The van der Waals surface area contributed by atoms with E-state index in [-0.39, 0.29) is 5.91 Å². The monoisotopic (exact) mass is 418 g/mol. The topological polar surface area (TPSA) is 84.7 Å². The van der Waals surface area contributed by atoms with Crippen molar-refractivity contribution in [1.29, 1.82) is 0 Å². The summed E-state index contributed by atoms with van der Waals surface area (Å²) in [6.45, 7) is 3.95. The van der Waals surface area contributed by atoms with E-state index in [0.717, 1.165) is 35.4 Å². The van der Waals surface area contributed by atoms with Gasteiger partial charge in [-0.2, -0.15) is 5.10 Å². The Kier molecular flexibility index (Phi) is 7.11. The molecular weight excluding hydrogens is 396 g/mol. The van der Waals surface area contributed by atoms with Gasteiger partial charge in [-0.05, 0) is 30.4 Å². The zero-order chi connectivity index (χ0) is 19.9. The molecule has 0 aliphatic heterocycles. The van der Waals surface area contributed by atoms with E-state index in [4.69, 9.17) is 11.6 Å². The normalized spacial score (nSPS) is 11.0. The second-order valence-corrected chi connectivity index (χ2v) is 7.45. The third-order valence-electron chi connectivity index (χ3n) is 4.12. The van der Waals surface area contributed by atoms with Gasteiger partial charge in [0.15, 0.2) is 10.8 Å². The minimum atomic E-state index is -0.0384. The van der Waals surface area contributed by atoms with E-state index in [1.807, 2.05) is 18.4 Å². The molecule has 3 aromatic rings. The lowest BCUT2D eigenvalue weighted by molar-refractivity contribution is -0.120. The summed E-state index contributed by atoms with van der Waals surface area (Å²) in [4.78, 5) is 21.3. The third kappa shape index (κ3) is 5.14. The summed E-state index contributed by atoms with van der Waals surface area (Å²) in [5, 5.41) is 12.9. The Morgan fingerprint density at radius 2 is 2.00 bits per heavy atom. The maximum absolute atomic E-state index is 12.1. The van der Waals surface area contributed by atoms with Crippen LogP contribution in [0.4, 0.5) is 5.82 Å². The number of benzene rings is 1. The quantitative estimate of drug-likeness (QED) is 0.409. The Labute approximate surface area is 173 Å². The van der Waals surface area contributed by atoms with Gasteiger partial charge in [-0.3, -0.25) is 4.79 Å². The second-order valence-electron chi connectivity index (χ2n) is 6.24. The summed E-state index contributed by atoms with van der Waals surface area (Å²) in [5.41, 5.74) is 1.69. The molecule has 1 aromatic carbocycles. The SMILES string of the molecule is CCCNc1nc(SC)nc2c1cnn2CCNC(=O)Cc1ccc(Cl)cc1. The Hall–Kier alpha value is -2.32. The first-order valence-electron chi connectivity index (χ1n) is 9.13. The standard InChI is InChI=1S/C19H23ClN6OS/c1-3-8-22-17-15-12-23-26(18(15)25-19(24-17)28-2)10-9-21-16(27)11-13-4-6-14(20)7-5-13/h4-7,12H,3,8-11H2,1-2H3,(H,21,27)(H,22,24,25). The molecule has 9 heteroatoms. The fraction of sp³-hybridized carbons (Fsp3) is 0.368. The fourth-order valence-electron chi connectivity index (χ4n) is 2.72. The van der Waals surface area contributed by atoms with Gasteiger partial charge in [0.1, 0.15) is 5.82 Å². The van der Waals surface area contributed by atoms with Gasteiger partial charge in [-0.15, -0.1) is 0 Å². The first kappa shape index (κ1) is 20.4. The number of nitrogens with zero attached hydrogens (tertiary/aromatic N) is 4. The maximum Gasteiger partial charge on any atom is 0.224 e. The number of anilines is 1. The van der Waals surface area contributed by atoms with Crippen LogP contribution in [0.15, 0.2) is 35.6 Å². The minimum Gasteiger partial charge on any atom is -0.369 e. The van der Waals surface area contributed by atoms with Crippen LogP contribution in [0.3, 0.4) is 0 Å². The number of halogens is 1. The molecule has 0 fully saturated rings. The van der Waals surface area contributed by atoms with Crippen LogP contribution in [0.25, 0.3) is 11.0 Å². The number of rotatable bonds is 9. The third-order valence-corrected chi connectivity index (χ3v) is 4.92. The zero-order valence-electron chi connectivity index (χ0n) is 15.9. The van der Waals surface area contributed by atoms with Crippen molar-refractivity contribution in [3.8, 4) is 0 Å². The molecule has 3 rings (SSSR count). The minimum absolute atomic E-state index is 0.0384. The summed E-state index contributed by atoms with van der Waals surface area (Å²) in [6, 6.07) is 7.28. The van der Waals surface area contributed by atoms with Gasteiger partial charge >= 0.3 is 0 Å². The number of thioether (sulfide) groups is 1. The first-order valence-corrected chi connectivity index (χ1v) is 10.7. The van der Waals surface area contributed by atoms with Crippen LogP contribution in [0.5, 0.6) is 0 Å². The average molecular weight is 419 g/mol. The predicted molar refractivity (Wildman–Crippen MR) is 114 cm³/mol. The lowest BCUT2D eigenvalue weighted by atomic mass is 10.1. The van der Waals surface area contributed by atoms with Crippen LogP contribution in [0, 0.1) is 0 Å². The van der Waals surface area contributed by atoms with Crippen molar-refractivity contribution in [3.63, 3.8) is 0 Å². The summed E-state index contributed by atoms with van der Waals surface area (Å²) >= 11 is 7.36. The van der Waals surface area contributed by atoms with E-state index in [9.17, 15) is 4.79 Å². The molecule has 148 valence electrons. The molecule has 0 aliphatic carbocycles. The fourth-order valence-corrected chi connectivity index (χ4v) is 3.21. The van der Waals surface area contributed by atoms with Gasteiger partial charge in [0.05, 0.1) is 24.5 Å². The number of hydrogen-bond acceptors (Lipinski definition) is 6. The zero-order valence-corrected chi connectivity index (χ0v) is 17.5. The van der Waals surface area contributed by atoms with Gasteiger partial charge in [-0.25, -0.2) is 14.6 Å². The predicted octanol–water partition coefficient (Wildman–Crippen LogP) is 3.38. The van der Waals surface area contributed by atoms with E-state index in [2.05, 4.69) is 32.6 Å². The number of amides is 1. The number of carbonyl (C=O) groups is 1. The van der Waals surface area contributed by atoms with Crippen molar-refractivity contribution >= 4 is 46.1 Å². The number of fused-ring (bicyclic) bond motifs is 1. The second kappa shape index (κ2) is 9.75. The molecule has 2 heterocycles. The summed E-state index contributed by atoms with van der Waals surface area (Å²) in [6.07, 6.45) is 5.05. The highest BCUT2D eigenvalue weighted by molar-refractivity contribution is 7.98. The van der Waals surface area contributed by atoms with Crippen molar-refractivity contribution in [3.05, 3.63) is 41.0 Å². The molecule has 28 heavy (non-hydrogen) atoms. The van der Waals surface area contributed by atoms with Gasteiger partial charge in [0.2, 0.25) is 5.91 Å². The van der Waals surface area contributed by atoms with Gasteiger partial charge < -0.3 is 10.6 Å². The molecule has 0 saturated heterocycles. The molecule has 0 radical (unpaired) electrons. The smallest absolute Gasteiger partial charge is 0.224 e. The maximum atomic E-state index is 12.1. The molecule has 2 aromatic heterocycles. The van der Waals surface area contributed by atoms with Gasteiger partial charge in [-0.1, -0.05) is 42.4 Å². The molecular formula is C19H23ClN6OS. The highest BCUT2D eigenvalue weighted by Crippen LogP contribution is 2.23. The summed E-state index contributed by atoms with van der Waals surface area (Å²) < 4.78 is 1.80. The highest BCUT2D eigenvalue weighted by Gasteiger charge is 2.13. The van der Waals surface area contributed by atoms with E-state index >= 15 is 0 Å². The van der Waals surface area contributed by atoms with Crippen LogP contribution in [-0.4, -0.2) is 45.0 Å². The molecule has 0 aliphatic rings. The summed E-state index contributed by atoms with van der Waals surface area (Å²) in [5.74, 6) is 0.762. The summed E-state index contributed by atoms with van der Waals surface area (Å²) in [7, 11) is 0. The Morgan fingerprint density at radius 3 is 2.71 bits per heavy atom.